The SMILES string of the molecule is COc1c(F)cc(C(=O)N[C@@H]2CCOC[C@H]2O)cc1F. The van der Waals surface area contributed by atoms with Gasteiger partial charge in [-0.05, 0) is 18.6 Å². The molecule has 1 heterocycles. The van der Waals surface area contributed by atoms with Crippen LogP contribution in [-0.4, -0.2) is 43.5 Å². The van der Waals surface area contributed by atoms with Crippen molar-refractivity contribution in [2.24, 2.45) is 0 Å². The Morgan fingerprint density at radius 1 is 1.45 bits per heavy atom. The van der Waals surface area contributed by atoms with Crippen LogP contribution in [0, 0.1) is 11.6 Å². The van der Waals surface area contributed by atoms with Crippen molar-refractivity contribution in [3.8, 4) is 5.75 Å². The number of methoxy groups -OCH3 is 1. The van der Waals surface area contributed by atoms with Crippen molar-refractivity contribution in [3.63, 3.8) is 0 Å². The van der Waals surface area contributed by atoms with Gasteiger partial charge < -0.3 is 19.9 Å². The number of ether oxygens (including phenoxy) is 2. The average Bonchev–Trinajstić information content (AvgIpc) is 2.41. The van der Waals surface area contributed by atoms with Gasteiger partial charge in [-0.15, -0.1) is 0 Å². The van der Waals surface area contributed by atoms with Crippen LogP contribution in [0.25, 0.3) is 0 Å². The van der Waals surface area contributed by atoms with Crippen molar-refractivity contribution < 1.29 is 28.2 Å². The van der Waals surface area contributed by atoms with Crippen molar-refractivity contribution in [3.05, 3.63) is 29.3 Å². The molecule has 110 valence electrons. The molecule has 5 nitrogen and oxygen atoms in total. The van der Waals surface area contributed by atoms with Crippen molar-refractivity contribution >= 4 is 5.91 Å². The first kappa shape index (κ1) is 14.7. The monoisotopic (exact) mass is 287 g/mol. The average molecular weight is 287 g/mol. The van der Waals surface area contributed by atoms with E-state index in [0.717, 1.165) is 19.2 Å². The number of aliphatic hydroxyl groups excluding tert-OH is 1. The molecule has 1 aliphatic rings. The number of carbonyl (C=O) groups excluding carboxylic acids is 1. The van der Waals surface area contributed by atoms with Crippen molar-refractivity contribution in [2.45, 2.75) is 18.6 Å². The Morgan fingerprint density at radius 3 is 2.65 bits per heavy atom. The quantitative estimate of drug-likeness (QED) is 0.865. The molecule has 1 aromatic carbocycles. The highest BCUT2D eigenvalue weighted by atomic mass is 19.1. The molecule has 20 heavy (non-hydrogen) atoms. The summed E-state index contributed by atoms with van der Waals surface area (Å²) < 4.78 is 36.6. The highest BCUT2D eigenvalue weighted by Crippen LogP contribution is 2.23. The Hall–Kier alpha value is -1.73. The summed E-state index contributed by atoms with van der Waals surface area (Å²) in [5.74, 6) is -3.10. The molecule has 0 aromatic heterocycles. The van der Waals surface area contributed by atoms with Crippen molar-refractivity contribution in [1.29, 1.82) is 0 Å². The second-order valence-electron chi connectivity index (χ2n) is 4.48. The van der Waals surface area contributed by atoms with Crippen molar-refractivity contribution in [1.82, 2.24) is 5.32 Å². The van der Waals surface area contributed by atoms with Gasteiger partial charge in [0.2, 0.25) is 0 Å². The van der Waals surface area contributed by atoms with Gasteiger partial charge in [-0.25, -0.2) is 8.78 Å². The summed E-state index contributed by atoms with van der Waals surface area (Å²) in [6, 6.07) is 1.29. The molecule has 1 fully saturated rings. The smallest absolute Gasteiger partial charge is 0.251 e. The molecule has 2 N–H and O–H groups in total. The number of hydrogen-bond donors (Lipinski definition) is 2. The Morgan fingerprint density at radius 2 is 2.10 bits per heavy atom. The lowest BCUT2D eigenvalue weighted by atomic mass is 10.1. The maximum atomic E-state index is 13.5. The van der Waals surface area contributed by atoms with E-state index < -0.39 is 35.4 Å². The Balaban J connectivity index is 2.13. The molecule has 2 atom stereocenters. The predicted octanol–water partition coefficient (Wildman–Crippen LogP) is 0.853. The first-order valence-corrected chi connectivity index (χ1v) is 6.12. The molecular formula is C13H15F2NO4. The van der Waals surface area contributed by atoms with E-state index in [1.165, 1.54) is 0 Å². The van der Waals surface area contributed by atoms with Gasteiger partial charge in [0, 0.05) is 12.2 Å². The van der Waals surface area contributed by atoms with Gasteiger partial charge in [-0.3, -0.25) is 4.79 Å². The van der Waals surface area contributed by atoms with Crippen LogP contribution in [0.15, 0.2) is 12.1 Å². The number of rotatable bonds is 3. The second kappa shape index (κ2) is 6.15. The zero-order valence-electron chi connectivity index (χ0n) is 10.9. The number of hydrogen-bond acceptors (Lipinski definition) is 4. The highest BCUT2D eigenvalue weighted by molar-refractivity contribution is 5.94. The van der Waals surface area contributed by atoms with E-state index in [4.69, 9.17) is 4.74 Å². The van der Waals surface area contributed by atoms with Crippen molar-refractivity contribution in [2.75, 3.05) is 20.3 Å². The Kier molecular flexibility index (Phi) is 4.51. The fraction of sp³-hybridized carbons (Fsp3) is 0.462. The normalized spacial score (nSPS) is 22.4. The molecule has 7 heteroatoms. The fourth-order valence-electron chi connectivity index (χ4n) is 2.03. The number of amides is 1. The van der Waals surface area contributed by atoms with Crippen LogP contribution in [0.3, 0.4) is 0 Å². The molecule has 1 amide bonds. The molecule has 0 spiro atoms. The van der Waals surface area contributed by atoms with E-state index in [1.54, 1.807) is 0 Å². The number of aliphatic hydroxyl groups is 1. The van der Waals surface area contributed by atoms with Gasteiger partial charge in [0.05, 0.1) is 25.9 Å². The van der Waals surface area contributed by atoms with Crippen LogP contribution >= 0.6 is 0 Å². The maximum Gasteiger partial charge on any atom is 0.251 e. The molecule has 1 aromatic rings. The molecule has 0 radical (unpaired) electrons. The summed E-state index contributed by atoms with van der Waals surface area (Å²) in [7, 11) is 1.14. The second-order valence-corrected chi connectivity index (χ2v) is 4.48. The zero-order valence-corrected chi connectivity index (χ0v) is 10.9. The van der Waals surface area contributed by atoms with Gasteiger partial charge in [0.15, 0.2) is 17.4 Å². The minimum absolute atomic E-state index is 0.121. The van der Waals surface area contributed by atoms with E-state index >= 15 is 0 Å². The summed E-state index contributed by atoms with van der Waals surface area (Å²) in [6.07, 6.45) is -0.394. The van der Waals surface area contributed by atoms with Crippen LogP contribution in [-0.2, 0) is 4.74 Å². The molecule has 0 saturated carbocycles. The lowest BCUT2D eigenvalue weighted by Gasteiger charge is -2.28. The van der Waals surface area contributed by atoms with Gasteiger partial charge in [-0.1, -0.05) is 0 Å². The first-order valence-electron chi connectivity index (χ1n) is 6.12. The van der Waals surface area contributed by atoms with Gasteiger partial charge in [0.1, 0.15) is 0 Å². The van der Waals surface area contributed by atoms with Gasteiger partial charge in [-0.2, -0.15) is 0 Å². The molecule has 1 saturated heterocycles. The number of halogens is 2. The van der Waals surface area contributed by atoms with E-state index in [-0.39, 0.29) is 12.2 Å². The Bertz CT molecular complexity index is 486. The summed E-state index contributed by atoms with van der Waals surface area (Å²) in [5.41, 5.74) is -0.167. The number of carbonyl (C=O) groups is 1. The fourth-order valence-corrected chi connectivity index (χ4v) is 2.03. The van der Waals surface area contributed by atoms with Crippen LogP contribution in [0.2, 0.25) is 0 Å². The van der Waals surface area contributed by atoms with E-state index in [9.17, 15) is 18.7 Å². The maximum absolute atomic E-state index is 13.5. The van der Waals surface area contributed by atoms with Crippen LogP contribution in [0.1, 0.15) is 16.8 Å². The van der Waals surface area contributed by atoms with E-state index in [0.29, 0.717) is 13.0 Å². The molecule has 0 unspecified atom stereocenters. The third kappa shape index (κ3) is 3.05. The van der Waals surface area contributed by atoms with Crippen LogP contribution in [0.4, 0.5) is 8.78 Å². The van der Waals surface area contributed by atoms with Gasteiger partial charge in [0.25, 0.3) is 5.91 Å². The molecular weight excluding hydrogens is 272 g/mol. The minimum Gasteiger partial charge on any atom is -0.491 e. The lowest BCUT2D eigenvalue weighted by molar-refractivity contribution is -0.0260. The largest absolute Gasteiger partial charge is 0.491 e. The topological polar surface area (TPSA) is 67.8 Å². The summed E-state index contributed by atoms with van der Waals surface area (Å²) in [4.78, 5) is 11.9. The standard InChI is InChI=1S/C13H15F2NO4/c1-19-12-8(14)4-7(5-9(12)15)13(18)16-10-2-3-20-6-11(10)17/h4-5,10-11,17H,2-3,6H2,1H3,(H,16,18)/t10-,11-/m1/s1. The first-order chi connectivity index (χ1) is 9.52. The number of nitrogens with one attached hydrogen (secondary N) is 1. The summed E-state index contributed by atoms with van der Waals surface area (Å²) >= 11 is 0. The lowest BCUT2D eigenvalue weighted by Crippen LogP contribution is -2.48. The molecule has 2 rings (SSSR count). The van der Waals surface area contributed by atoms with Crippen LogP contribution in [0.5, 0.6) is 5.75 Å². The molecule has 0 bridgehead atoms. The minimum atomic E-state index is -0.954. The third-order valence-electron chi connectivity index (χ3n) is 3.11. The predicted molar refractivity (Wildman–Crippen MR) is 65.6 cm³/mol. The van der Waals surface area contributed by atoms with Gasteiger partial charge >= 0.3 is 0 Å². The third-order valence-corrected chi connectivity index (χ3v) is 3.11. The zero-order chi connectivity index (χ0) is 14.7. The summed E-state index contributed by atoms with van der Waals surface area (Å²) in [6.45, 7) is 0.531. The van der Waals surface area contributed by atoms with E-state index in [1.807, 2.05) is 0 Å². The molecule has 1 aliphatic heterocycles. The Labute approximate surface area is 114 Å². The molecule has 0 aliphatic carbocycles. The highest BCUT2D eigenvalue weighted by Gasteiger charge is 2.26. The summed E-state index contributed by atoms with van der Waals surface area (Å²) in [5, 5.41) is 12.2. The van der Waals surface area contributed by atoms with E-state index in [2.05, 4.69) is 10.1 Å². The van der Waals surface area contributed by atoms with Crippen LogP contribution < -0.4 is 10.1 Å². The number of benzene rings is 1.